The molecule has 1 aromatic carbocycles. The third-order valence-corrected chi connectivity index (χ3v) is 3.49. The Hall–Kier alpha value is -1.85. The zero-order valence-corrected chi connectivity index (χ0v) is 13.7. The minimum atomic E-state index is -0.538. The SMILES string of the molecule is COc1ccc(C(O)CNCc2cnn(C(C)(C)C)c2)cc1. The summed E-state index contributed by atoms with van der Waals surface area (Å²) in [6.07, 6.45) is 3.36. The van der Waals surface area contributed by atoms with Gasteiger partial charge in [0, 0.05) is 24.8 Å². The lowest BCUT2D eigenvalue weighted by atomic mass is 10.1. The zero-order chi connectivity index (χ0) is 16.2. The second kappa shape index (κ2) is 6.94. The molecular weight excluding hydrogens is 278 g/mol. The van der Waals surface area contributed by atoms with Crippen molar-refractivity contribution >= 4 is 0 Å². The van der Waals surface area contributed by atoms with E-state index in [1.807, 2.05) is 41.3 Å². The smallest absolute Gasteiger partial charge is 0.118 e. The maximum Gasteiger partial charge on any atom is 0.118 e. The van der Waals surface area contributed by atoms with Gasteiger partial charge in [-0.3, -0.25) is 4.68 Å². The van der Waals surface area contributed by atoms with Gasteiger partial charge in [0.25, 0.3) is 0 Å². The number of nitrogens with zero attached hydrogens (tertiary/aromatic N) is 2. The van der Waals surface area contributed by atoms with Gasteiger partial charge in [-0.25, -0.2) is 0 Å². The third kappa shape index (κ3) is 4.32. The number of aliphatic hydroxyl groups excluding tert-OH is 1. The topological polar surface area (TPSA) is 59.3 Å². The fraction of sp³-hybridized carbons (Fsp3) is 0.471. The fourth-order valence-electron chi connectivity index (χ4n) is 2.12. The molecule has 5 nitrogen and oxygen atoms in total. The molecule has 0 saturated heterocycles. The van der Waals surface area contributed by atoms with Gasteiger partial charge in [0.15, 0.2) is 0 Å². The van der Waals surface area contributed by atoms with Crippen LogP contribution in [0.1, 0.15) is 38.0 Å². The first-order chi connectivity index (χ1) is 10.4. The average molecular weight is 303 g/mol. The minimum Gasteiger partial charge on any atom is -0.497 e. The molecular formula is C17H25N3O2. The molecule has 0 aliphatic carbocycles. The largest absolute Gasteiger partial charge is 0.497 e. The Kier molecular flexibility index (Phi) is 5.21. The van der Waals surface area contributed by atoms with Crippen LogP contribution >= 0.6 is 0 Å². The molecule has 0 radical (unpaired) electrons. The summed E-state index contributed by atoms with van der Waals surface area (Å²) < 4.78 is 7.06. The van der Waals surface area contributed by atoms with Crippen LogP contribution in [0.5, 0.6) is 5.75 Å². The second-order valence-corrected chi connectivity index (χ2v) is 6.38. The van der Waals surface area contributed by atoms with Gasteiger partial charge in [-0.2, -0.15) is 5.10 Å². The molecule has 2 N–H and O–H groups in total. The summed E-state index contributed by atoms with van der Waals surface area (Å²) >= 11 is 0. The molecule has 0 bridgehead atoms. The Bertz CT molecular complexity index is 585. The molecule has 0 aliphatic rings. The van der Waals surface area contributed by atoms with Crippen molar-refractivity contribution in [3.63, 3.8) is 0 Å². The van der Waals surface area contributed by atoms with E-state index in [-0.39, 0.29) is 5.54 Å². The zero-order valence-electron chi connectivity index (χ0n) is 13.7. The van der Waals surface area contributed by atoms with Crippen molar-refractivity contribution in [2.75, 3.05) is 13.7 Å². The Balaban J connectivity index is 1.83. The van der Waals surface area contributed by atoms with E-state index in [0.717, 1.165) is 16.9 Å². The van der Waals surface area contributed by atoms with E-state index >= 15 is 0 Å². The number of rotatable bonds is 6. The normalized spacial score (nSPS) is 13.1. The minimum absolute atomic E-state index is 0.0130. The van der Waals surface area contributed by atoms with E-state index in [9.17, 15) is 5.11 Å². The Morgan fingerprint density at radius 2 is 1.95 bits per heavy atom. The van der Waals surface area contributed by atoms with Crippen molar-refractivity contribution in [3.05, 3.63) is 47.8 Å². The molecule has 1 unspecified atom stereocenters. The number of aliphatic hydroxyl groups is 1. The summed E-state index contributed by atoms with van der Waals surface area (Å²) in [4.78, 5) is 0. The van der Waals surface area contributed by atoms with Crippen molar-refractivity contribution in [1.82, 2.24) is 15.1 Å². The van der Waals surface area contributed by atoms with Gasteiger partial charge in [-0.05, 0) is 38.5 Å². The molecule has 0 fully saturated rings. The van der Waals surface area contributed by atoms with Crippen LogP contribution < -0.4 is 10.1 Å². The van der Waals surface area contributed by atoms with Crippen LogP contribution in [0.2, 0.25) is 0 Å². The molecule has 1 heterocycles. The summed E-state index contributed by atoms with van der Waals surface area (Å²) in [7, 11) is 1.63. The fourth-order valence-corrected chi connectivity index (χ4v) is 2.12. The molecule has 0 amide bonds. The first-order valence-corrected chi connectivity index (χ1v) is 7.47. The molecule has 0 saturated carbocycles. The highest BCUT2D eigenvalue weighted by atomic mass is 16.5. The Morgan fingerprint density at radius 1 is 1.27 bits per heavy atom. The first kappa shape index (κ1) is 16.5. The highest BCUT2D eigenvalue weighted by Crippen LogP contribution is 2.17. The molecule has 0 spiro atoms. The van der Waals surface area contributed by atoms with Gasteiger partial charge in [0.2, 0.25) is 0 Å². The van der Waals surface area contributed by atoms with Crippen molar-refractivity contribution in [1.29, 1.82) is 0 Å². The average Bonchev–Trinajstić information content (AvgIpc) is 2.96. The van der Waals surface area contributed by atoms with Crippen molar-refractivity contribution in [2.45, 2.75) is 39.0 Å². The van der Waals surface area contributed by atoms with Gasteiger partial charge in [-0.1, -0.05) is 12.1 Å². The van der Waals surface area contributed by atoms with Crippen LogP contribution in [0.15, 0.2) is 36.7 Å². The predicted octanol–water partition coefficient (Wildman–Crippen LogP) is 2.47. The lowest BCUT2D eigenvalue weighted by Crippen LogP contribution is -2.22. The van der Waals surface area contributed by atoms with Crippen molar-refractivity contribution in [3.8, 4) is 5.75 Å². The first-order valence-electron chi connectivity index (χ1n) is 7.47. The lowest BCUT2D eigenvalue weighted by Gasteiger charge is -2.18. The van der Waals surface area contributed by atoms with Crippen LogP contribution in [0.4, 0.5) is 0 Å². The summed E-state index contributed by atoms with van der Waals surface area (Å²) in [5.41, 5.74) is 1.97. The molecule has 120 valence electrons. The van der Waals surface area contributed by atoms with Crippen LogP contribution in [0, 0.1) is 0 Å². The number of hydrogen-bond acceptors (Lipinski definition) is 4. The molecule has 1 aromatic heterocycles. The van der Waals surface area contributed by atoms with Gasteiger partial charge < -0.3 is 15.2 Å². The standard InChI is InChI=1S/C17H25N3O2/c1-17(2,3)20-12-13(10-19-20)9-18-11-16(21)14-5-7-15(22-4)8-6-14/h5-8,10,12,16,18,21H,9,11H2,1-4H3. The molecule has 22 heavy (non-hydrogen) atoms. The highest BCUT2D eigenvalue weighted by Gasteiger charge is 2.14. The van der Waals surface area contributed by atoms with Crippen molar-refractivity contribution in [2.24, 2.45) is 0 Å². The Labute approximate surface area is 131 Å². The van der Waals surface area contributed by atoms with Gasteiger partial charge >= 0.3 is 0 Å². The predicted molar refractivity (Wildman–Crippen MR) is 86.9 cm³/mol. The number of ether oxygens (including phenoxy) is 1. The van der Waals surface area contributed by atoms with E-state index in [1.54, 1.807) is 7.11 Å². The van der Waals surface area contributed by atoms with E-state index in [1.165, 1.54) is 0 Å². The number of hydrogen-bond donors (Lipinski definition) is 2. The van der Waals surface area contributed by atoms with Crippen LogP contribution in [0.3, 0.4) is 0 Å². The van der Waals surface area contributed by atoms with E-state index in [4.69, 9.17) is 4.74 Å². The van der Waals surface area contributed by atoms with Gasteiger partial charge in [-0.15, -0.1) is 0 Å². The van der Waals surface area contributed by atoms with E-state index in [2.05, 4.69) is 31.2 Å². The van der Waals surface area contributed by atoms with Crippen molar-refractivity contribution < 1.29 is 9.84 Å². The molecule has 2 aromatic rings. The monoisotopic (exact) mass is 303 g/mol. The maximum absolute atomic E-state index is 10.2. The summed E-state index contributed by atoms with van der Waals surface area (Å²) in [5.74, 6) is 0.790. The quantitative estimate of drug-likeness (QED) is 0.860. The number of aromatic nitrogens is 2. The van der Waals surface area contributed by atoms with Gasteiger partial charge in [0.05, 0.1) is 24.9 Å². The Morgan fingerprint density at radius 3 is 2.50 bits per heavy atom. The number of methoxy groups -OCH3 is 1. The van der Waals surface area contributed by atoms with Crippen LogP contribution in [-0.4, -0.2) is 28.5 Å². The summed E-state index contributed by atoms with van der Waals surface area (Å²) in [6.45, 7) is 7.52. The van der Waals surface area contributed by atoms with E-state index in [0.29, 0.717) is 13.1 Å². The summed E-state index contributed by atoms with van der Waals surface area (Å²) in [6, 6.07) is 7.46. The third-order valence-electron chi connectivity index (χ3n) is 3.49. The molecule has 5 heteroatoms. The van der Waals surface area contributed by atoms with Crippen LogP contribution in [-0.2, 0) is 12.1 Å². The molecule has 0 aliphatic heterocycles. The maximum atomic E-state index is 10.2. The summed E-state index contributed by atoms with van der Waals surface area (Å²) in [5, 5.41) is 17.8. The molecule has 1 atom stereocenters. The van der Waals surface area contributed by atoms with Gasteiger partial charge in [0.1, 0.15) is 5.75 Å². The molecule has 2 rings (SSSR count). The highest BCUT2D eigenvalue weighted by molar-refractivity contribution is 5.28. The number of nitrogens with one attached hydrogen (secondary N) is 1. The number of benzene rings is 1. The van der Waals surface area contributed by atoms with E-state index < -0.39 is 6.10 Å². The second-order valence-electron chi connectivity index (χ2n) is 6.38. The lowest BCUT2D eigenvalue weighted by molar-refractivity contribution is 0.174. The van der Waals surface area contributed by atoms with Crippen LogP contribution in [0.25, 0.3) is 0 Å².